The number of carbonyl (C=O) groups excluding carboxylic acids is 2. The van der Waals surface area contributed by atoms with E-state index in [1.807, 2.05) is 7.05 Å². The molecule has 214 valence electrons. The second-order valence-electron chi connectivity index (χ2n) is 10.4. The molecule has 2 saturated heterocycles. The van der Waals surface area contributed by atoms with E-state index in [1.54, 1.807) is 17.0 Å². The van der Waals surface area contributed by atoms with Gasteiger partial charge in [0.2, 0.25) is 0 Å². The molecule has 2 fully saturated rings. The van der Waals surface area contributed by atoms with E-state index in [0.717, 1.165) is 25.9 Å². The molecule has 4 N–H and O–H groups in total. The van der Waals surface area contributed by atoms with Gasteiger partial charge in [-0.2, -0.15) is 0 Å². The van der Waals surface area contributed by atoms with Gasteiger partial charge in [0.1, 0.15) is 5.82 Å². The summed E-state index contributed by atoms with van der Waals surface area (Å²) in [6.45, 7) is 3.24. The Kier molecular flexibility index (Phi) is 11.9. The zero-order chi connectivity index (χ0) is 27.5. The summed E-state index contributed by atoms with van der Waals surface area (Å²) >= 11 is 6.08. The molecule has 4 atom stereocenters. The molecule has 38 heavy (non-hydrogen) atoms. The molecule has 3 amide bonds. The van der Waals surface area contributed by atoms with Gasteiger partial charge >= 0.3 is 12.1 Å². The molecule has 0 saturated carbocycles. The van der Waals surface area contributed by atoms with E-state index in [0.29, 0.717) is 44.9 Å². The molecule has 0 aliphatic carbocycles. The van der Waals surface area contributed by atoms with Gasteiger partial charge in [-0.25, -0.2) is 14.0 Å². The van der Waals surface area contributed by atoms with Gasteiger partial charge in [-0.15, -0.1) is 0 Å². The molecule has 1 aromatic carbocycles. The number of urea groups is 1. The van der Waals surface area contributed by atoms with Crippen LogP contribution >= 0.6 is 11.6 Å². The van der Waals surface area contributed by atoms with Crippen LogP contribution in [0.25, 0.3) is 0 Å². The maximum Gasteiger partial charge on any atom is 0.406 e. The molecule has 0 aromatic heterocycles. The van der Waals surface area contributed by atoms with Gasteiger partial charge in [-0.3, -0.25) is 0 Å². The summed E-state index contributed by atoms with van der Waals surface area (Å²) in [5.74, 6) is -0.670. The van der Waals surface area contributed by atoms with Gasteiger partial charge in [0.15, 0.2) is 0 Å². The third kappa shape index (κ3) is 8.18. The highest BCUT2D eigenvalue weighted by molar-refractivity contribution is 6.30. The number of alkyl carbamates (subject to hydrolysis) is 1. The lowest BCUT2D eigenvalue weighted by Gasteiger charge is -2.43. The van der Waals surface area contributed by atoms with Crippen molar-refractivity contribution in [3.63, 3.8) is 0 Å². The van der Waals surface area contributed by atoms with Gasteiger partial charge in [-0.05, 0) is 64.0 Å². The predicted octanol–water partition coefficient (Wildman–Crippen LogP) is 3.63. The smallest absolute Gasteiger partial charge is 0.406 e. The molecule has 1 aromatic rings. The Bertz CT molecular complexity index is 919. The number of benzene rings is 1. The molecule has 3 rings (SSSR count). The molecule has 0 radical (unpaired) electrons. The quantitative estimate of drug-likeness (QED) is 0.310. The first-order valence-electron chi connectivity index (χ1n) is 13.5. The zero-order valence-electron chi connectivity index (χ0n) is 22.4. The van der Waals surface area contributed by atoms with Crippen LogP contribution in [0, 0.1) is 17.7 Å². The van der Waals surface area contributed by atoms with Crippen LogP contribution in [-0.2, 0) is 15.1 Å². The largest absolute Gasteiger partial charge is 0.453 e. The minimum atomic E-state index is -1.57. The van der Waals surface area contributed by atoms with Crippen LogP contribution in [0.1, 0.15) is 50.5 Å². The maximum absolute atomic E-state index is 15.2. The molecular formula is C27H42ClFN4O5. The first-order valence-corrected chi connectivity index (χ1v) is 13.9. The van der Waals surface area contributed by atoms with Crippen molar-refractivity contribution in [3.05, 3.63) is 34.6 Å². The number of rotatable bonds is 11. The summed E-state index contributed by atoms with van der Waals surface area (Å²) in [5.41, 5.74) is -1.46. The molecule has 2 aliphatic heterocycles. The molecule has 0 bridgehead atoms. The van der Waals surface area contributed by atoms with E-state index >= 15 is 4.39 Å². The number of piperidine rings is 1. The highest BCUT2D eigenvalue weighted by Gasteiger charge is 2.43. The summed E-state index contributed by atoms with van der Waals surface area (Å²) in [6, 6.07) is 4.37. The standard InChI is InChI=1S/C27H42ClFN4O5/c1-30-16-21(15-19-7-5-14-38-18-19)32-25(34)33-13-4-8-20(17-33)27(36,11-6-12-31-26(35)37-2)22-9-3-10-23(28)24(22)29/h3,9-10,19-21,30,36H,4-8,11-18H2,1-2H3,(H,31,35)(H,32,34)/t19?,20-,21+,27+/m1/s1. The monoisotopic (exact) mass is 556 g/mol. The van der Waals surface area contributed by atoms with E-state index < -0.39 is 23.4 Å². The fraction of sp³-hybridized carbons (Fsp3) is 0.704. The lowest BCUT2D eigenvalue weighted by Crippen LogP contribution is -2.54. The van der Waals surface area contributed by atoms with Crippen LogP contribution in [0.2, 0.25) is 5.02 Å². The summed E-state index contributed by atoms with van der Waals surface area (Å²) in [6.07, 6.45) is 4.24. The van der Waals surface area contributed by atoms with Crippen molar-refractivity contribution in [1.82, 2.24) is 20.9 Å². The lowest BCUT2D eigenvalue weighted by molar-refractivity contribution is -0.0576. The Balaban J connectivity index is 1.72. The van der Waals surface area contributed by atoms with E-state index in [1.165, 1.54) is 13.2 Å². The van der Waals surface area contributed by atoms with Crippen LogP contribution in [0.5, 0.6) is 0 Å². The first kappa shape index (κ1) is 30.4. The van der Waals surface area contributed by atoms with Crippen molar-refractivity contribution in [3.8, 4) is 0 Å². The van der Waals surface area contributed by atoms with E-state index in [4.69, 9.17) is 16.3 Å². The Labute approximate surface area is 229 Å². The van der Waals surface area contributed by atoms with Gasteiger partial charge in [0.25, 0.3) is 0 Å². The van der Waals surface area contributed by atoms with Crippen molar-refractivity contribution in [2.24, 2.45) is 11.8 Å². The molecule has 0 spiro atoms. The van der Waals surface area contributed by atoms with Gasteiger partial charge < -0.3 is 35.4 Å². The number of hydrogen-bond donors (Lipinski definition) is 4. The van der Waals surface area contributed by atoms with Crippen molar-refractivity contribution in [2.45, 2.75) is 56.6 Å². The fourth-order valence-corrected chi connectivity index (χ4v) is 5.84. The second-order valence-corrected chi connectivity index (χ2v) is 10.8. The second kappa shape index (κ2) is 14.9. The number of methoxy groups -OCH3 is 1. The Hall–Kier alpha value is -2.14. The summed E-state index contributed by atoms with van der Waals surface area (Å²) < 4.78 is 25.4. The molecule has 2 aliphatic rings. The highest BCUT2D eigenvalue weighted by Crippen LogP contribution is 2.41. The molecule has 2 heterocycles. The molecular weight excluding hydrogens is 515 g/mol. The van der Waals surface area contributed by atoms with E-state index in [9.17, 15) is 14.7 Å². The van der Waals surface area contributed by atoms with Crippen LogP contribution < -0.4 is 16.0 Å². The molecule has 9 nitrogen and oxygen atoms in total. The number of nitrogens with one attached hydrogen (secondary N) is 3. The Morgan fingerprint density at radius 3 is 2.87 bits per heavy atom. The van der Waals surface area contributed by atoms with Gasteiger partial charge in [0, 0.05) is 56.9 Å². The van der Waals surface area contributed by atoms with Crippen molar-refractivity contribution >= 4 is 23.7 Å². The third-order valence-electron chi connectivity index (χ3n) is 7.64. The normalized spacial score (nSPS) is 22.3. The fourth-order valence-electron chi connectivity index (χ4n) is 5.67. The zero-order valence-corrected chi connectivity index (χ0v) is 23.2. The van der Waals surface area contributed by atoms with Crippen molar-refractivity contribution < 1.29 is 28.6 Å². The van der Waals surface area contributed by atoms with E-state index in [-0.39, 0.29) is 42.2 Å². The topological polar surface area (TPSA) is 112 Å². The number of halogens is 2. The number of ether oxygens (including phenoxy) is 2. The number of aliphatic hydroxyl groups is 1. The number of amides is 3. The van der Waals surface area contributed by atoms with Crippen molar-refractivity contribution in [1.29, 1.82) is 0 Å². The lowest BCUT2D eigenvalue weighted by atomic mass is 9.74. The van der Waals surface area contributed by atoms with Crippen LogP contribution in [0.15, 0.2) is 18.2 Å². The minimum absolute atomic E-state index is 0.0479. The maximum atomic E-state index is 15.2. The van der Waals surface area contributed by atoms with Gasteiger partial charge in [0.05, 0.1) is 17.7 Å². The number of carbonyl (C=O) groups is 2. The number of likely N-dealkylation sites (tertiary alicyclic amines) is 1. The van der Waals surface area contributed by atoms with Crippen LogP contribution in [-0.4, -0.2) is 81.7 Å². The van der Waals surface area contributed by atoms with Crippen molar-refractivity contribution in [2.75, 3.05) is 53.6 Å². The summed E-state index contributed by atoms with van der Waals surface area (Å²) in [4.78, 5) is 26.5. The van der Waals surface area contributed by atoms with Crippen LogP contribution in [0.4, 0.5) is 14.0 Å². The summed E-state index contributed by atoms with van der Waals surface area (Å²) in [7, 11) is 3.14. The average Bonchev–Trinajstić information content (AvgIpc) is 2.93. The molecule has 11 heteroatoms. The van der Waals surface area contributed by atoms with E-state index in [2.05, 4.69) is 20.7 Å². The Morgan fingerprint density at radius 1 is 1.34 bits per heavy atom. The molecule has 1 unspecified atom stereocenters. The van der Waals surface area contributed by atoms with Gasteiger partial charge in [-0.1, -0.05) is 23.7 Å². The summed E-state index contributed by atoms with van der Waals surface area (Å²) in [5, 5.41) is 20.9. The minimum Gasteiger partial charge on any atom is -0.453 e. The number of likely N-dealkylation sites (N-methyl/N-ethyl adjacent to an activating group) is 1. The SMILES string of the molecule is CNC[C@H](CC1CCCOC1)NC(=O)N1CCC[C@@H]([C@@](O)(CCCNC(=O)OC)c2cccc(Cl)c2F)C1. The Morgan fingerprint density at radius 2 is 2.16 bits per heavy atom. The first-order chi connectivity index (χ1) is 18.3. The average molecular weight is 557 g/mol. The number of nitrogens with zero attached hydrogens (tertiary/aromatic N) is 1. The third-order valence-corrected chi connectivity index (χ3v) is 7.93. The highest BCUT2D eigenvalue weighted by atomic mass is 35.5. The van der Waals surface area contributed by atoms with Crippen LogP contribution in [0.3, 0.4) is 0 Å². The number of hydrogen-bond acceptors (Lipinski definition) is 6. The predicted molar refractivity (Wildman–Crippen MR) is 144 cm³/mol.